The third-order valence-electron chi connectivity index (χ3n) is 3.77. The van der Waals surface area contributed by atoms with Crippen molar-refractivity contribution in [3.05, 3.63) is 17.5 Å². The summed E-state index contributed by atoms with van der Waals surface area (Å²) in [5, 5.41) is 10.2. The van der Waals surface area contributed by atoms with E-state index in [1.54, 1.807) is 4.68 Å². The van der Waals surface area contributed by atoms with Crippen molar-refractivity contribution in [3.8, 4) is 0 Å². The zero-order valence-corrected chi connectivity index (χ0v) is 14.3. The summed E-state index contributed by atoms with van der Waals surface area (Å²) in [5.41, 5.74) is 1.95. The van der Waals surface area contributed by atoms with E-state index in [0.717, 1.165) is 17.9 Å². The lowest BCUT2D eigenvalue weighted by molar-refractivity contribution is 0.179. The summed E-state index contributed by atoms with van der Waals surface area (Å²) in [4.78, 5) is 14.1. The molecule has 0 saturated heterocycles. The van der Waals surface area contributed by atoms with Crippen molar-refractivity contribution in [1.29, 1.82) is 0 Å². The van der Waals surface area contributed by atoms with Gasteiger partial charge in [0.05, 0.1) is 17.9 Å². The number of urea groups is 1. The predicted octanol–water partition coefficient (Wildman–Crippen LogP) is 1.50. The van der Waals surface area contributed by atoms with Gasteiger partial charge in [0.15, 0.2) is 0 Å². The Morgan fingerprint density at radius 1 is 1.48 bits per heavy atom. The highest BCUT2D eigenvalue weighted by atomic mass is 16.2. The van der Waals surface area contributed by atoms with Gasteiger partial charge in [0, 0.05) is 19.6 Å². The summed E-state index contributed by atoms with van der Waals surface area (Å²) in [6, 6.07) is 1.90. The van der Waals surface area contributed by atoms with Crippen LogP contribution in [-0.4, -0.2) is 47.4 Å². The second kappa shape index (κ2) is 6.93. The van der Waals surface area contributed by atoms with Gasteiger partial charge in [-0.3, -0.25) is 4.68 Å². The summed E-state index contributed by atoms with van der Waals surface area (Å²) < 4.78 is 1.79. The molecule has 0 aliphatic rings. The first kappa shape index (κ1) is 17.5. The fourth-order valence-electron chi connectivity index (χ4n) is 2.40. The van der Waals surface area contributed by atoms with Crippen molar-refractivity contribution in [2.24, 2.45) is 12.5 Å². The van der Waals surface area contributed by atoms with Gasteiger partial charge in [-0.05, 0) is 39.4 Å². The van der Waals surface area contributed by atoms with Gasteiger partial charge in [-0.2, -0.15) is 5.10 Å². The standard InChI is InChI=1S/C15H29N5O/c1-11-8-13(20(7)18-11)9-16-14(21)17-12(2)15(3,4)10-19(5)6/h8,12H,9-10H2,1-7H3,(H2,16,17,21)/t12-/m1/s1. The van der Waals surface area contributed by atoms with Crippen LogP contribution in [0.25, 0.3) is 0 Å². The topological polar surface area (TPSA) is 62.2 Å². The van der Waals surface area contributed by atoms with Crippen molar-refractivity contribution in [2.45, 2.75) is 40.3 Å². The number of carbonyl (C=O) groups excluding carboxylic acids is 1. The molecule has 1 rings (SSSR count). The van der Waals surface area contributed by atoms with Crippen molar-refractivity contribution < 1.29 is 4.79 Å². The Morgan fingerprint density at radius 3 is 2.57 bits per heavy atom. The third kappa shape index (κ3) is 5.38. The molecule has 6 nitrogen and oxygen atoms in total. The second-order valence-electron chi connectivity index (χ2n) is 6.68. The highest BCUT2D eigenvalue weighted by Crippen LogP contribution is 2.21. The first-order chi connectivity index (χ1) is 9.61. The van der Waals surface area contributed by atoms with Crippen LogP contribution in [0, 0.1) is 12.3 Å². The minimum Gasteiger partial charge on any atom is -0.335 e. The number of amides is 2. The summed E-state index contributed by atoms with van der Waals surface area (Å²) in [7, 11) is 5.96. The summed E-state index contributed by atoms with van der Waals surface area (Å²) in [6.45, 7) is 9.68. The molecular weight excluding hydrogens is 266 g/mol. The van der Waals surface area contributed by atoms with Crippen LogP contribution in [0.5, 0.6) is 0 Å². The molecule has 1 aromatic rings. The van der Waals surface area contributed by atoms with Crippen LogP contribution in [0.1, 0.15) is 32.2 Å². The van der Waals surface area contributed by atoms with Crippen LogP contribution in [0.15, 0.2) is 6.07 Å². The molecule has 0 aliphatic carbocycles. The molecule has 1 aromatic heterocycles. The van der Waals surface area contributed by atoms with Gasteiger partial charge in [0.1, 0.15) is 0 Å². The van der Waals surface area contributed by atoms with Crippen LogP contribution in [0.2, 0.25) is 0 Å². The average molecular weight is 295 g/mol. The number of aromatic nitrogens is 2. The Hall–Kier alpha value is -1.56. The molecule has 21 heavy (non-hydrogen) atoms. The molecular formula is C15H29N5O. The van der Waals surface area contributed by atoms with E-state index in [1.807, 2.05) is 41.1 Å². The molecule has 0 radical (unpaired) electrons. The van der Waals surface area contributed by atoms with E-state index >= 15 is 0 Å². The average Bonchev–Trinajstić information content (AvgIpc) is 2.63. The molecule has 0 spiro atoms. The Labute approximate surface area is 127 Å². The van der Waals surface area contributed by atoms with E-state index in [4.69, 9.17) is 0 Å². The Balaban J connectivity index is 2.48. The first-order valence-corrected chi connectivity index (χ1v) is 7.30. The normalized spacial score (nSPS) is 13.3. The molecule has 2 N–H and O–H groups in total. The van der Waals surface area contributed by atoms with Gasteiger partial charge in [0.25, 0.3) is 0 Å². The molecule has 0 aromatic carbocycles. The molecule has 1 atom stereocenters. The largest absolute Gasteiger partial charge is 0.335 e. The van der Waals surface area contributed by atoms with Crippen molar-refractivity contribution in [3.63, 3.8) is 0 Å². The lowest BCUT2D eigenvalue weighted by atomic mass is 9.85. The number of nitrogens with zero attached hydrogens (tertiary/aromatic N) is 3. The maximum Gasteiger partial charge on any atom is 0.315 e. The predicted molar refractivity (Wildman–Crippen MR) is 85.1 cm³/mol. The number of hydrogen-bond donors (Lipinski definition) is 2. The highest BCUT2D eigenvalue weighted by molar-refractivity contribution is 5.74. The summed E-state index contributed by atoms with van der Waals surface area (Å²) in [5.74, 6) is 0. The van der Waals surface area contributed by atoms with Crippen LogP contribution in [0.3, 0.4) is 0 Å². The van der Waals surface area contributed by atoms with Gasteiger partial charge in [0.2, 0.25) is 0 Å². The lowest BCUT2D eigenvalue weighted by Crippen LogP contribution is -2.50. The van der Waals surface area contributed by atoms with E-state index in [1.165, 1.54) is 0 Å². The minimum absolute atomic E-state index is 0.00393. The van der Waals surface area contributed by atoms with Gasteiger partial charge in [-0.1, -0.05) is 13.8 Å². The molecule has 120 valence electrons. The molecule has 6 heteroatoms. The maximum absolute atomic E-state index is 12.0. The van der Waals surface area contributed by atoms with Crippen LogP contribution >= 0.6 is 0 Å². The van der Waals surface area contributed by atoms with Gasteiger partial charge in [-0.25, -0.2) is 4.79 Å². The molecule has 0 unspecified atom stereocenters. The Morgan fingerprint density at radius 2 is 2.10 bits per heavy atom. The minimum atomic E-state index is -0.145. The van der Waals surface area contributed by atoms with Crippen molar-refractivity contribution in [2.75, 3.05) is 20.6 Å². The third-order valence-corrected chi connectivity index (χ3v) is 3.77. The smallest absolute Gasteiger partial charge is 0.315 e. The van der Waals surface area contributed by atoms with E-state index in [-0.39, 0.29) is 17.5 Å². The molecule has 0 aliphatic heterocycles. The van der Waals surface area contributed by atoms with Crippen LogP contribution < -0.4 is 10.6 Å². The fraction of sp³-hybridized carbons (Fsp3) is 0.733. The maximum atomic E-state index is 12.0. The molecule has 0 fully saturated rings. The molecule has 1 heterocycles. The monoisotopic (exact) mass is 295 g/mol. The Bertz CT molecular complexity index is 478. The number of hydrogen-bond acceptors (Lipinski definition) is 3. The fourth-order valence-corrected chi connectivity index (χ4v) is 2.40. The van der Waals surface area contributed by atoms with Crippen molar-refractivity contribution >= 4 is 6.03 Å². The number of aryl methyl sites for hydroxylation is 2. The summed E-state index contributed by atoms with van der Waals surface area (Å²) >= 11 is 0. The SMILES string of the molecule is Cc1cc(CNC(=O)N[C@H](C)C(C)(C)CN(C)C)n(C)n1. The Kier molecular flexibility index (Phi) is 5.78. The van der Waals surface area contributed by atoms with E-state index in [0.29, 0.717) is 6.54 Å². The molecule has 0 saturated carbocycles. The lowest BCUT2D eigenvalue weighted by Gasteiger charge is -2.34. The number of nitrogens with one attached hydrogen (secondary N) is 2. The molecule has 0 bridgehead atoms. The quantitative estimate of drug-likeness (QED) is 0.836. The zero-order chi connectivity index (χ0) is 16.2. The first-order valence-electron chi connectivity index (χ1n) is 7.30. The van der Waals surface area contributed by atoms with E-state index in [2.05, 4.69) is 34.5 Å². The van der Waals surface area contributed by atoms with E-state index in [9.17, 15) is 4.79 Å². The van der Waals surface area contributed by atoms with Gasteiger partial charge in [-0.15, -0.1) is 0 Å². The summed E-state index contributed by atoms with van der Waals surface area (Å²) in [6.07, 6.45) is 0. The van der Waals surface area contributed by atoms with Gasteiger partial charge < -0.3 is 15.5 Å². The zero-order valence-electron chi connectivity index (χ0n) is 14.3. The number of rotatable bonds is 6. The van der Waals surface area contributed by atoms with Crippen LogP contribution in [-0.2, 0) is 13.6 Å². The number of carbonyl (C=O) groups is 1. The van der Waals surface area contributed by atoms with Crippen LogP contribution in [0.4, 0.5) is 4.79 Å². The van der Waals surface area contributed by atoms with Gasteiger partial charge >= 0.3 is 6.03 Å². The van der Waals surface area contributed by atoms with E-state index < -0.39 is 0 Å². The second-order valence-corrected chi connectivity index (χ2v) is 6.68. The molecule has 2 amide bonds. The van der Waals surface area contributed by atoms with Crippen molar-refractivity contribution in [1.82, 2.24) is 25.3 Å². The highest BCUT2D eigenvalue weighted by Gasteiger charge is 2.27.